The van der Waals surface area contributed by atoms with Gasteiger partial charge in [0, 0.05) is 19.6 Å². The maximum atomic E-state index is 12.4. The molecule has 2 amide bonds. The number of amides is 2. The van der Waals surface area contributed by atoms with Gasteiger partial charge in [-0.1, -0.05) is 30.3 Å². The number of aromatic nitrogens is 3. The third-order valence-corrected chi connectivity index (χ3v) is 4.36. The summed E-state index contributed by atoms with van der Waals surface area (Å²) in [6.07, 6.45) is 3.48. The van der Waals surface area contributed by atoms with Crippen LogP contribution in [0.15, 0.2) is 36.7 Å². The van der Waals surface area contributed by atoms with Gasteiger partial charge in [-0.2, -0.15) is 5.10 Å². The van der Waals surface area contributed by atoms with E-state index >= 15 is 0 Å². The van der Waals surface area contributed by atoms with E-state index in [1.165, 1.54) is 0 Å². The summed E-state index contributed by atoms with van der Waals surface area (Å²) in [4.78, 5) is 18.3. The third kappa shape index (κ3) is 3.91. The van der Waals surface area contributed by atoms with Gasteiger partial charge in [-0.15, -0.1) is 0 Å². The molecule has 0 bridgehead atoms. The summed E-state index contributed by atoms with van der Waals surface area (Å²) in [7, 11) is 1.79. The normalized spacial score (nSPS) is 18.6. The van der Waals surface area contributed by atoms with E-state index in [1.807, 2.05) is 35.2 Å². The predicted molar refractivity (Wildman–Crippen MR) is 89.0 cm³/mol. The van der Waals surface area contributed by atoms with Crippen LogP contribution in [-0.2, 0) is 13.6 Å². The molecule has 1 fully saturated rings. The molecule has 2 N–H and O–H groups in total. The fraction of sp³-hybridized carbons (Fsp3) is 0.471. The van der Waals surface area contributed by atoms with Gasteiger partial charge in [0.15, 0.2) is 5.82 Å². The zero-order valence-corrected chi connectivity index (χ0v) is 13.8. The van der Waals surface area contributed by atoms with Gasteiger partial charge in [0.05, 0.1) is 12.6 Å². The smallest absolute Gasteiger partial charge is 0.318 e. The van der Waals surface area contributed by atoms with Crippen LogP contribution in [-0.4, -0.2) is 43.4 Å². The standard InChI is InChI=1S/C17H23N5O2/c1-21-12-19-16(20-21)11-18-17(24)22-9-5-8-14(22)10-15(23)13-6-3-2-4-7-13/h2-4,6-7,12,14-15,23H,5,8-11H2,1H3,(H,18,24)/t14-,15-/m1/s1. The molecule has 1 aromatic carbocycles. The molecule has 128 valence electrons. The van der Waals surface area contributed by atoms with Gasteiger partial charge >= 0.3 is 6.03 Å². The van der Waals surface area contributed by atoms with E-state index in [1.54, 1.807) is 18.1 Å². The Kier molecular flexibility index (Phi) is 5.10. The van der Waals surface area contributed by atoms with Crippen molar-refractivity contribution in [2.45, 2.75) is 38.0 Å². The lowest BCUT2D eigenvalue weighted by Gasteiger charge is -2.26. The number of aliphatic hydroxyl groups excluding tert-OH is 1. The SMILES string of the molecule is Cn1cnc(CNC(=O)N2CCC[C@@H]2C[C@@H](O)c2ccccc2)n1. The van der Waals surface area contributed by atoms with Gasteiger partial charge in [-0.3, -0.25) is 4.68 Å². The monoisotopic (exact) mass is 329 g/mol. The van der Waals surface area contributed by atoms with Crippen molar-refractivity contribution in [1.29, 1.82) is 0 Å². The number of carbonyl (C=O) groups excluding carboxylic acids is 1. The molecule has 0 saturated carbocycles. The Morgan fingerprint density at radius 2 is 2.21 bits per heavy atom. The quantitative estimate of drug-likeness (QED) is 0.873. The molecule has 2 heterocycles. The average molecular weight is 329 g/mol. The van der Waals surface area contributed by atoms with Gasteiger partial charge in [-0.05, 0) is 24.8 Å². The molecule has 2 atom stereocenters. The Bertz CT molecular complexity index is 673. The molecule has 0 unspecified atom stereocenters. The maximum Gasteiger partial charge on any atom is 0.318 e. The molecule has 1 aliphatic heterocycles. The van der Waals surface area contributed by atoms with Crippen molar-refractivity contribution in [3.05, 3.63) is 48.0 Å². The molecule has 0 radical (unpaired) electrons. The van der Waals surface area contributed by atoms with E-state index < -0.39 is 6.10 Å². The van der Waals surface area contributed by atoms with E-state index in [9.17, 15) is 9.90 Å². The van der Waals surface area contributed by atoms with Crippen LogP contribution < -0.4 is 5.32 Å². The number of aliphatic hydroxyl groups is 1. The number of hydrogen-bond acceptors (Lipinski definition) is 4. The Balaban J connectivity index is 1.55. The van der Waals surface area contributed by atoms with Gasteiger partial charge in [0.2, 0.25) is 0 Å². The molecule has 7 nitrogen and oxygen atoms in total. The van der Waals surface area contributed by atoms with Crippen LogP contribution in [0.25, 0.3) is 0 Å². The first-order valence-electron chi connectivity index (χ1n) is 8.25. The largest absolute Gasteiger partial charge is 0.388 e. The number of benzene rings is 1. The number of rotatable bonds is 5. The molecule has 1 saturated heterocycles. The minimum atomic E-state index is -0.554. The molecular formula is C17H23N5O2. The zero-order chi connectivity index (χ0) is 16.9. The predicted octanol–water partition coefficient (Wildman–Crippen LogP) is 1.61. The molecule has 3 rings (SSSR count). The van der Waals surface area contributed by atoms with Crippen LogP contribution in [0.3, 0.4) is 0 Å². The fourth-order valence-electron chi connectivity index (χ4n) is 3.14. The minimum absolute atomic E-state index is 0.0527. The zero-order valence-electron chi connectivity index (χ0n) is 13.8. The number of urea groups is 1. The van der Waals surface area contributed by atoms with Crippen molar-refractivity contribution >= 4 is 6.03 Å². The lowest BCUT2D eigenvalue weighted by atomic mass is 10.0. The molecular weight excluding hydrogens is 306 g/mol. The second kappa shape index (κ2) is 7.44. The van der Waals surface area contributed by atoms with Crippen LogP contribution in [0.2, 0.25) is 0 Å². The fourth-order valence-corrected chi connectivity index (χ4v) is 3.14. The molecule has 1 aromatic heterocycles. The molecule has 24 heavy (non-hydrogen) atoms. The van der Waals surface area contributed by atoms with E-state index in [0.717, 1.165) is 18.4 Å². The van der Waals surface area contributed by atoms with Crippen molar-refractivity contribution in [2.24, 2.45) is 7.05 Å². The summed E-state index contributed by atoms with van der Waals surface area (Å²) in [5.41, 5.74) is 0.891. The van der Waals surface area contributed by atoms with Crippen LogP contribution in [0.5, 0.6) is 0 Å². The van der Waals surface area contributed by atoms with E-state index in [0.29, 0.717) is 25.3 Å². The molecule has 0 aliphatic carbocycles. The summed E-state index contributed by atoms with van der Waals surface area (Å²) >= 11 is 0. The number of aryl methyl sites for hydroxylation is 1. The van der Waals surface area contributed by atoms with Crippen molar-refractivity contribution in [3.8, 4) is 0 Å². The van der Waals surface area contributed by atoms with E-state index in [2.05, 4.69) is 15.4 Å². The Morgan fingerprint density at radius 3 is 2.92 bits per heavy atom. The minimum Gasteiger partial charge on any atom is -0.388 e. The van der Waals surface area contributed by atoms with Crippen LogP contribution in [0.1, 0.15) is 36.8 Å². The number of nitrogens with zero attached hydrogens (tertiary/aromatic N) is 4. The number of nitrogens with one attached hydrogen (secondary N) is 1. The highest BCUT2D eigenvalue weighted by Gasteiger charge is 2.30. The van der Waals surface area contributed by atoms with Gasteiger partial charge in [0.1, 0.15) is 6.33 Å². The molecule has 7 heteroatoms. The lowest BCUT2D eigenvalue weighted by Crippen LogP contribution is -2.43. The highest BCUT2D eigenvalue weighted by Crippen LogP contribution is 2.27. The summed E-state index contributed by atoms with van der Waals surface area (Å²) in [6, 6.07) is 9.52. The third-order valence-electron chi connectivity index (χ3n) is 4.36. The summed E-state index contributed by atoms with van der Waals surface area (Å²) in [6.45, 7) is 1.03. The van der Waals surface area contributed by atoms with Crippen LogP contribution in [0.4, 0.5) is 4.79 Å². The molecule has 1 aliphatic rings. The molecule has 0 spiro atoms. The topological polar surface area (TPSA) is 83.3 Å². The van der Waals surface area contributed by atoms with Gasteiger partial charge < -0.3 is 15.3 Å². The van der Waals surface area contributed by atoms with E-state index in [4.69, 9.17) is 0 Å². The second-order valence-electron chi connectivity index (χ2n) is 6.14. The number of likely N-dealkylation sites (tertiary alicyclic amines) is 1. The summed E-state index contributed by atoms with van der Waals surface area (Å²) in [5, 5.41) is 17.4. The first kappa shape index (κ1) is 16.4. The van der Waals surface area contributed by atoms with Crippen molar-refractivity contribution < 1.29 is 9.90 Å². The Labute approximate surface area is 141 Å². The van der Waals surface area contributed by atoms with E-state index in [-0.39, 0.29) is 12.1 Å². The first-order valence-corrected chi connectivity index (χ1v) is 8.25. The Morgan fingerprint density at radius 1 is 1.42 bits per heavy atom. The highest BCUT2D eigenvalue weighted by atomic mass is 16.3. The average Bonchev–Trinajstić information content (AvgIpc) is 3.22. The molecule has 2 aromatic rings. The lowest BCUT2D eigenvalue weighted by molar-refractivity contribution is 0.126. The number of carbonyl (C=O) groups is 1. The second-order valence-corrected chi connectivity index (χ2v) is 6.14. The van der Waals surface area contributed by atoms with Gasteiger partial charge in [0.25, 0.3) is 0 Å². The Hall–Kier alpha value is -2.41. The van der Waals surface area contributed by atoms with Gasteiger partial charge in [-0.25, -0.2) is 9.78 Å². The van der Waals surface area contributed by atoms with Crippen LogP contribution in [0, 0.1) is 0 Å². The van der Waals surface area contributed by atoms with Crippen molar-refractivity contribution in [1.82, 2.24) is 25.0 Å². The maximum absolute atomic E-state index is 12.4. The first-order chi connectivity index (χ1) is 11.6. The van der Waals surface area contributed by atoms with Crippen LogP contribution >= 0.6 is 0 Å². The number of hydrogen-bond donors (Lipinski definition) is 2. The van der Waals surface area contributed by atoms with Crippen molar-refractivity contribution in [2.75, 3.05) is 6.54 Å². The summed E-state index contributed by atoms with van der Waals surface area (Å²) < 4.78 is 1.61. The van der Waals surface area contributed by atoms with Crippen molar-refractivity contribution in [3.63, 3.8) is 0 Å². The highest BCUT2D eigenvalue weighted by molar-refractivity contribution is 5.74. The summed E-state index contributed by atoms with van der Waals surface area (Å²) in [5.74, 6) is 0.589.